The van der Waals surface area contributed by atoms with Crippen LogP contribution in [-0.4, -0.2) is 116 Å². The van der Waals surface area contributed by atoms with E-state index in [0.29, 0.717) is 0 Å². The lowest BCUT2D eigenvalue weighted by Crippen LogP contribution is -2.67. The fourth-order valence-corrected chi connectivity index (χ4v) is 6.98. The first-order valence-electron chi connectivity index (χ1n) is 14.3. The normalized spacial score (nSPS) is 31.2. The first-order chi connectivity index (χ1) is 20.8. The number of aliphatic hydroxyl groups is 3. The van der Waals surface area contributed by atoms with Crippen LogP contribution in [0.3, 0.4) is 0 Å². The Labute approximate surface area is 250 Å². The Hall–Kier alpha value is -3.34. The minimum absolute atomic E-state index is 0.0755. The predicted molar refractivity (Wildman–Crippen MR) is 144 cm³/mol. The van der Waals surface area contributed by atoms with Gasteiger partial charge in [0.2, 0.25) is 5.78 Å². The number of ketones is 3. The summed E-state index contributed by atoms with van der Waals surface area (Å²) >= 11 is 0. The topological polar surface area (TPSA) is 200 Å². The van der Waals surface area contributed by atoms with Crippen molar-refractivity contribution < 1.29 is 68.4 Å². The average Bonchev–Trinajstić information content (AvgIpc) is 2.98. The highest BCUT2D eigenvalue weighted by Gasteiger charge is 2.53. The molecular weight excluding hydrogens is 585 g/mol. The van der Waals surface area contributed by atoms with E-state index in [0.717, 1.165) is 6.07 Å². The summed E-state index contributed by atoms with van der Waals surface area (Å²) in [7, 11) is 0. The van der Waals surface area contributed by atoms with E-state index in [2.05, 4.69) is 0 Å². The number of rotatable bonds is 5. The molecule has 0 amide bonds. The predicted octanol–water partition coefficient (Wildman–Crippen LogP) is 0.409. The molecule has 2 aromatic carbocycles. The maximum atomic E-state index is 14.8. The molecular formula is C30H33FNO12+. The lowest BCUT2D eigenvalue weighted by molar-refractivity contribution is -1.13. The molecule has 2 aromatic rings. The number of phenolic OH excluding ortho intramolecular Hbond substituents is 2. The van der Waals surface area contributed by atoms with Crippen LogP contribution in [0.25, 0.3) is 0 Å². The quantitative estimate of drug-likeness (QED) is 0.170. The number of hydrogen-bond acceptors (Lipinski definition) is 12. The lowest BCUT2D eigenvalue weighted by atomic mass is 9.72. The van der Waals surface area contributed by atoms with Gasteiger partial charge in [0, 0.05) is 29.5 Å². The molecule has 2 heterocycles. The fraction of sp³-hybridized carbons (Fsp3) is 0.500. The van der Waals surface area contributed by atoms with Crippen LogP contribution in [0.5, 0.6) is 11.5 Å². The van der Waals surface area contributed by atoms with Gasteiger partial charge in [-0.2, -0.15) is 4.65 Å². The molecule has 2 saturated heterocycles. The number of aliphatic hydroxyl groups excluding tert-OH is 2. The number of fused-ring (bicyclic) bond motifs is 3. The summed E-state index contributed by atoms with van der Waals surface area (Å²) in [6, 6.07) is 2.60. The van der Waals surface area contributed by atoms with Crippen molar-refractivity contribution >= 4 is 17.3 Å². The molecule has 14 heteroatoms. The van der Waals surface area contributed by atoms with E-state index in [1.165, 1.54) is 12.1 Å². The van der Waals surface area contributed by atoms with Gasteiger partial charge < -0.3 is 39.7 Å². The van der Waals surface area contributed by atoms with Crippen molar-refractivity contribution in [3.63, 3.8) is 0 Å². The largest absolute Gasteiger partial charge is 0.507 e. The molecule has 0 bridgehead atoms. The number of aromatic hydroxyl groups is 2. The van der Waals surface area contributed by atoms with Crippen LogP contribution in [0.4, 0.5) is 4.39 Å². The number of phenols is 2. The number of Topliss-reactive ketones (excluding diaryl/α,β-unsaturated/α-hetero) is 1. The first-order valence-corrected chi connectivity index (χ1v) is 14.3. The maximum absolute atomic E-state index is 14.8. The summed E-state index contributed by atoms with van der Waals surface area (Å²) in [5, 5.41) is 66.2. The van der Waals surface area contributed by atoms with Crippen molar-refractivity contribution in [1.29, 1.82) is 0 Å². The molecule has 236 valence electrons. The van der Waals surface area contributed by atoms with Crippen LogP contribution in [0.1, 0.15) is 68.8 Å². The molecule has 0 radical (unpaired) electrons. The molecule has 0 saturated carbocycles. The highest BCUT2D eigenvalue weighted by Crippen LogP contribution is 2.52. The van der Waals surface area contributed by atoms with Gasteiger partial charge >= 0.3 is 0 Å². The molecule has 4 aliphatic rings. The van der Waals surface area contributed by atoms with Crippen molar-refractivity contribution in [3.8, 4) is 11.5 Å². The number of halogens is 1. The lowest BCUT2D eigenvalue weighted by Gasteiger charge is -2.47. The molecule has 44 heavy (non-hydrogen) atoms. The zero-order chi connectivity index (χ0) is 31.7. The molecule has 2 aliphatic heterocycles. The van der Waals surface area contributed by atoms with E-state index in [1.807, 2.05) is 0 Å². The molecule has 2 fully saturated rings. The van der Waals surface area contributed by atoms with Crippen LogP contribution in [0.2, 0.25) is 0 Å². The summed E-state index contributed by atoms with van der Waals surface area (Å²) in [5.74, 6) is -5.65. The zero-order valence-electron chi connectivity index (χ0n) is 23.7. The van der Waals surface area contributed by atoms with Gasteiger partial charge in [0.1, 0.15) is 48.7 Å². The van der Waals surface area contributed by atoms with Crippen LogP contribution in [0, 0.1) is 5.82 Å². The van der Waals surface area contributed by atoms with Crippen LogP contribution >= 0.6 is 0 Å². The number of carbonyl (C=O) groups is 3. The van der Waals surface area contributed by atoms with Crippen molar-refractivity contribution in [2.75, 3.05) is 32.9 Å². The summed E-state index contributed by atoms with van der Waals surface area (Å²) in [6.45, 7) is 1.37. The van der Waals surface area contributed by atoms with Crippen molar-refractivity contribution in [2.24, 2.45) is 0 Å². The number of hydrogen-bond donors (Lipinski definition) is 6. The Morgan fingerprint density at radius 3 is 2.48 bits per heavy atom. The summed E-state index contributed by atoms with van der Waals surface area (Å²) in [6.07, 6.45) is -5.90. The molecule has 0 spiro atoms. The molecule has 13 nitrogen and oxygen atoms in total. The zero-order valence-corrected chi connectivity index (χ0v) is 23.7. The van der Waals surface area contributed by atoms with Crippen molar-refractivity contribution in [1.82, 2.24) is 0 Å². The van der Waals surface area contributed by atoms with E-state index in [9.17, 15) is 49.5 Å². The minimum Gasteiger partial charge on any atom is -0.507 e. The van der Waals surface area contributed by atoms with Gasteiger partial charge in [0.25, 0.3) is 0 Å². The molecule has 6 unspecified atom stereocenters. The second kappa shape index (κ2) is 10.9. The third kappa shape index (κ3) is 4.64. The Bertz CT molecular complexity index is 1560. The van der Waals surface area contributed by atoms with Gasteiger partial charge in [0.05, 0.1) is 48.5 Å². The molecule has 2 aliphatic carbocycles. The van der Waals surface area contributed by atoms with Gasteiger partial charge in [0.15, 0.2) is 23.9 Å². The highest BCUT2D eigenvalue weighted by molar-refractivity contribution is 6.30. The third-order valence-electron chi connectivity index (χ3n) is 9.36. The van der Waals surface area contributed by atoms with Crippen molar-refractivity contribution in [3.05, 3.63) is 57.4 Å². The minimum atomic E-state index is -2.33. The number of ether oxygens (including phenoxy) is 3. The number of carbonyl (C=O) groups excluding carboxylic acids is 3. The van der Waals surface area contributed by atoms with Gasteiger partial charge in [-0.1, -0.05) is 12.1 Å². The average molecular weight is 619 g/mol. The fourth-order valence-electron chi connectivity index (χ4n) is 6.98. The third-order valence-corrected chi connectivity index (χ3v) is 9.36. The smallest absolute Gasteiger partial charge is 0.201 e. The number of hydroxylamine groups is 3. The second-order valence-electron chi connectivity index (χ2n) is 11.9. The van der Waals surface area contributed by atoms with E-state index < -0.39 is 112 Å². The van der Waals surface area contributed by atoms with Gasteiger partial charge in [-0.3, -0.25) is 14.4 Å². The number of morpholine rings is 1. The van der Waals surface area contributed by atoms with E-state index in [4.69, 9.17) is 14.2 Å². The van der Waals surface area contributed by atoms with Crippen LogP contribution < -0.4 is 0 Å². The molecule has 6 atom stereocenters. The SMILES string of the molecule is CC1OC(OC2CC(O)(C(=O)CO)Cc3c(O)c4c(c(O)c32)C(=O)c2c(F)cccc2C4=O)CC([N+]2(O)CCOCC2)C1O. The number of nitrogens with zero attached hydrogens (tertiary/aromatic N) is 1. The van der Waals surface area contributed by atoms with Crippen molar-refractivity contribution in [2.45, 2.75) is 62.4 Å². The van der Waals surface area contributed by atoms with E-state index >= 15 is 0 Å². The van der Waals surface area contributed by atoms with E-state index in [-0.39, 0.29) is 49.4 Å². The van der Waals surface area contributed by atoms with E-state index in [1.54, 1.807) is 6.92 Å². The van der Waals surface area contributed by atoms with Gasteiger partial charge in [-0.15, -0.1) is 0 Å². The van der Waals surface area contributed by atoms with Crippen LogP contribution in [0.15, 0.2) is 18.2 Å². The highest BCUT2D eigenvalue weighted by atomic mass is 19.1. The van der Waals surface area contributed by atoms with Crippen LogP contribution in [-0.2, 0) is 25.4 Å². The Morgan fingerprint density at radius 2 is 1.80 bits per heavy atom. The first kappa shape index (κ1) is 30.7. The second-order valence-corrected chi connectivity index (χ2v) is 11.9. The Balaban J connectivity index is 1.45. The Morgan fingerprint density at radius 1 is 1.11 bits per heavy atom. The monoisotopic (exact) mass is 618 g/mol. The number of quaternary nitrogens is 1. The standard InChI is InChI=1S/C30H32FNO12/c1-13-25(35)17(32(41)5-7-42-8-6-32)9-20(43-13)44-18-11-30(40,19(34)12-33)10-15-22(18)29(39)24-23(27(15)37)26(36)14-3-2-4-16(31)21(14)28(24)38/h2-4,13,17-18,20,25,33,35,40-41H,5-12H2,1H3,(H-,36,37,38,39)/p+1. The summed E-state index contributed by atoms with van der Waals surface area (Å²) in [4.78, 5) is 39.7. The summed E-state index contributed by atoms with van der Waals surface area (Å²) in [5.41, 5.74) is -5.02. The molecule has 0 aromatic heterocycles. The maximum Gasteiger partial charge on any atom is 0.201 e. The summed E-state index contributed by atoms with van der Waals surface area (Å²) < 4.78 is 31.6. The number of benzene rings is 2. The van der Waals surface area contributed by atoms with Gasteiger partial charge in [-0.25, -0.2) is 9.60 Å². The Kier molecular flexibility index (Phi) is 7.62. The van der Waals surface area contributed by atoms with Gasteiger partial charge in [-0.05, 0) is 13.0 Å². The molecule has 6 N–H and O–H groups in total. The molecule has 6 rings (SSSR count).